The summed E-state index contributed by atoms with van der Waals surface area (Å²) in [6.45, 7) is 8.02. The molecule has 0 saturated carbocycles. The fraction of sp³-hybridized carbons (Fsp3) is 0.500. The minimum atomic E-state index is -3.43. The van der Waals surface area contributed by atoms with Crippen LogP contribution in [0.4, 0.5) is 11.6 Å². The fourth-order valence-electron chi connectivity index (χ4n) is 3.69. The Balaban J connectivity index is 1.72. The zero-order chi connectivity index (χ0) is 20.6. The minimum Gasteiger partial charge on any atom is -0.378 e. The Morgan fingerprint density at radius 2 is 1.72 bits per heavy atom. The van der Waals surface area contributed by atoms with E-state index in [9.17, 15) is 8.42 Å². The molecule has 4 rings (SSSR count). The number of nitrogens with two attached hydrogens (primary N) is 1. The van der Waals surface area contributed by atoms with Crippen LogP contribution in [0.1, 0.15) is 13.8 Å². The van der Waals surface area contributed by atoms with E-state index in [0.29, 0.717) is 37.2 Å². The van der Waals surface area contributed by atoms with Crippen LogP contribution in [0, 0.1) is 0 Å². The van der Waals surface area contributed by atoms with Crippen LogP contribution in [-0.4, -0.2) is 74.0 Å². The summed E-state index contributed by atoms with van der Waals surface area (Å²) in [7, 11) is -3.43. The van der Waals surface area contributed by atoms with Gasteiger partial charge in [0.1, 0.15) is 0 Å². The van der Waals surface area contributed by atoms with Crippen LogP contribution >= 0.6 is 0 Å². The summed E-state index contributed by atoms with van der Waals surface area (Å²) < 4.78 is 32.1. The molecule has 1 aromatic carbocycles. The second-order valence-corrected chi connectivity index (χ2v) is 10.1. The number of rotatable bonds is 5. The van der Waals surface area contributed by atoms with Gasteiger partial charge in [-0.2, -0.15) is 0 Å². The normalized spacial score (nSPS) is 18.8. The van der Waals surface area contributed by atoms with Gasteiger partial charge in [-0.1, -0.05) is 0 Å². The van der Waals surface area contributed by atoms with Crippen molar-refractivity contribution >= 4 is 21.5 Å². The van der Waals surface area contributed by atoms with E-state index in [1.807, 2.05) is 6.07 Å². The van der Waals surface area contributed by atoms with Gasteiger partial charge in [0, 0.05) is 55.9 Å². The van der Waals surface area contributed by atoms with E-state index in [1.54, 1.807) is 24.5 Å². The first kappa shape index (κ1) is 20.1. The quantitative estimate of drug-likeness (QED) is 0.780. The highest BCUT2D eigenvalue weighted by Crippen LogP contribution is 2.33. The van der Waals surface area contributed by atoms with Crippen LogP contribution < -0.4 is 10.6 Å². The maximum Gasteiger partial charge on any atom is 0.219 e. The Bertz CT molecular complexity index is 966. The van der Waals surface area contributed by atoms with Gasteiger partial charge in [-0.3, -0.25) is 4.90 Å². The number of ether oxygens (including phenoxy) is 1. The molecule has 1 aromatic heterocycles. The Morgan fingerprint density at radius 1 is 1.07 bits per heavy atom. The summed E-state index contributed by atoms with van der Waals surface area (Å²) in [4.78, 5) is 12.8. The van der Waals surface area contributed by atoms with Gasteiger partial charge in [0.05, 0.1) is 23.4 Å². The van der Waals surface area contributed by atoms with E-state index in [1.165, 1.54) is 0 Å². The van der Waals surface area contributed by atoms with Gasteiger partial charge < -0.3 is 15.4 Å². The van der Waals surface area contributed by atoms with Crippen LogP contribution in [0.5, 0.6) is 0 Å². The number of morpholine rings is 1. The molecule has 2 aliphatic rings. The summed E-state index contributed by atoms with van der Waals surface area (Å²) in [5, 5.41) is -0.375. The van der Waals surface area contributed by atoms with Crippen LogP contribution in [0.3, 0.4) is 0 Å². The number of nitrogens with zero attached hydrogens (tertiary/aromatic N) is 4. The van der Waals surface area contributed by atoms with Crippen LogP contribution in [0.2, 0.25) is 0 Å². The molecule has 8 nitrogen and oxygen atoms in total. The van der Waals surface area contributed by atoms with Crippen molar-refractivity contribution in [1.82, 2.24) is 14.9 Å². The first-order chi connectivity index (χ1) is 13.8. The molecule has 9 heteroatoms. The third kappa shape index (κ3) is 4.08. The van der Waals surface area contributed by atoms with Gasteiger partial charge in [-0.05, 0) is 37.6 Å². The van der Waals surface area contributed by atoms with E-state index < -0.39 is 9.84 Å². The van der Waals surface area contributed by atoms with Crippen molar-refractivity contribution in [2.75, 3.05) is 50.0 Å². The molecule has 29 heavy (non-hydrogen) atoms. The SMILES string of the molecule is CC(C)N1CC(S(=O)(=O)c2cc(-c3cnc(N)nc3)cc(N3CCOCC3)c2)C1. The molecule has 2 aliphatic heterocycles. The number of sulfone groups is 1. The van der Waals surface area contributed by atoms with Crippen molar-refractivity contribution in [3.8, 4) is 11.1 Å². The van der Waals surface area contributed by atoms with Gasteiger partial charge in [-0.25, -0.2) is 18.4 Å². The maximum absolute atomic E-state index is 13.3. The topological polar surface area (TPSA) is 102 Å². The summed E-state index contributed by atoms with van der Waals surface area (Å²) in [5.74, 6) is 0.189. The molecular weight excluding hydrogens is 390 g/mol. The summed E-state index contributed by atoms with van der Waals surface area (Å²) in [5.41, 5.74) is 7.99. The summed E-state index contributed by atoms with van der Waals surface area (Å²) in [6, 6.07) is 5.86. The molecule has 0 unspecified atom stereocenters. The lowest BCUT2D eigenvalue weighted by Crippen LogP contribution is -2.57. The molecule has 0 bridgehead atoms. The monoisotopic (exact) mass is 417 g/mol. The van der Waals surface area contributed by atoms with Gasteiger partial charge >= 0.3 is 0 Å². The van der Waals surface area contributed by atoms with E-state index in [0.717, 1.165) is 29.9 Å². The largest absolute Gasteiger partial charge is 0.378 e. The number of nitrogen functional groups attached to an aromatic ring is 1. The van der Waals surface area contributed by atoms with Gasteiger partial charge in [-0.15, -0.1) is 0 Å². The number of hydrogen-bond donors (Lipinski definition) is 1. The van der Waals surface area contributed by atoms with Crippen molar-refractivity contribution in [3.63, 3.8) is 0 Å². The predicted octanol–water partition coefficient (Wildman–Crippen LogP) is 1.43. The van der Waals surface area contributed by atoms with Gasteiger partial charge in [0.15, 0.2) is 9.84 Å². The van der Waals surface area contributed by atoms with Crippen molar-refractivity contribution < 1.29 is 13.2 Å². The van der Waals surface area contributed by atoms with Gasteiger partial charge in [0.25, 0.3) is 0 Å². The second kappa shape index (κ2) is 7.89. The second-order valence-electron chi connectivity index (χ2n) is 7.86. The number of benzene rings is 1. The Hall–Kier alpha value is -2.23. The minimum absolute atomic E-state index is 0.189. The van der Waals surface area contributed by atoms with Gasteiger partial charge in [0.2, 0.25) is 5.95 Å². The fourth-order valence-corrected chi connectivity index (χ4v) is 5.42. The van der Waals surface area contributed by atoms with E-state index in [2.05, 4.69) is 33.6 Å². The van der Waals surface area contributed by atoms with Crippen molar-refractivity contribution in [3.05, 3.63) is 30.6 Å². The van der Waals surface area contributed by atoms with E-state index in [-0.39, 0.29) is 11.2 Å². The van der Waals surface area contributed by atoms with Crippen LogP contribution in [0.15, 0.2) is 35.5 Å². The number of likely N-dealkylation sites (tertiary alicyclic amines) is 1. The molecule has 2 fully saturated rings. The third-order valence-electron chi connectivity index (χ3n) is 5.65. The molecule has 2 N–H and O–H groups in total. The molecule has 0 atom stereocenters. The molecule has 0 amide bonds. The van der Waals surface area contributed by atoms with Crippen molar-refractivity contribution in [1.29, 1.82) is 0 Å². The Kier molecular flexibility index (Phi) is 5.46. The molecule has 156 valence electrons. The smallest absolute Gasteiger partial charge is 0.219 e. The first-order valence-electron chi connectivity index (χ1n) is 9.88. The molecular formula is C20H27N5O3S. The lowest BCUT2D eigenvalue weighted by Gasteiger charge is -2.41. The molecule has 0 aliphatic carbocycles. The van der Waals surface area contributed by atoms with Crippen molar-refractivity contribution in [2.45, 2.75) is 30.0 Å². The van der Waals surface area contributed by atoms with Crippen molar-refractivity contribution in [2.24, 2.45) is 0 Å². The molecule has 2 saturated heterocycles. The molecule has 0 radical (unpaired) electrons. The molecule has 2 aromatic rings. The number of aromatic nitrogens is 2. The van der Waals surface area contributed by atoms with E-state index in [4.69, 9.17) is 10.5 Å². The van der Waals surface area contributed by atoms with E-state index >= 15 is 0 Å². The Labute approximate surface area is 171 Å². The lowest BCUT2D eigenvalue weighted by molar-refractivity contribution is 0.122. The number of anilines is 2. The molecule has 0 spiro atoms. The molecule has 3 heterocycles. The number of hydrogen-bond acceptors (Lipinski definition) is 8. The standard InChI is InChI=1S/C20H27N5O3S/c1-14(2)25-12-19(13-25)29(26,27)18-8-15(16-10-22-20(21)23-11-16)7-17(9-18)24-3-5-28-6-4-24/h7-11,14,19H,3-6,12-13H2,1-2H3,(H2,21,22,23). The summed E-state index contributed by atoms with van der Waals surface area (Å²) >= 11 is 0. The third-order valence-corrected chi connectivity index (χ3v) is 7.72. The zero-order valence-electron chi connectivity index (χ0n) is 16.8. The average Bonchev–Trinajstić information content (AvgIpc) is 2.67. The summed E-state index contributed by atoms with van der Waals surface area (Å²) in [6.07, 6.45) is 3.25. The first-order valence-corrected chi connectivity index (χ1v) is 11.4. The lowest BCUT2D eigenvalue weighted by atomic mass is 10.1. The Morgan fingerprint density at radius 3 is 2.34 bits per heavy atom. The van der Waals surface area contributed by atoms with Crippen LogP contribution in [0.25, 0.3) is 11.1 Å². The predicted molar refractivity (Wildman–Crippen MR) is 113 cm³/mol. The highest BCUT2D eigenvalue weighted by Gasteiger charge is 2.39. The van der Waals surface area contributed by atoms with Crippen LogP contribution in [-0.2, 0) is 14.6 Å². The average molecular weight is 418 g/mol. The highest BCUT2D eigenvalue weighted by molar-refractivity contribution is 7.92. The highest BCUT2D eigenvalue weighted by atomic mass is 32.2. The maximum atomic E-state index is 13.3. The zero-order valence-corrected chi connectivity index (χ0v) is 17.6.